The van der Waals surface area contributed by atoms with Crippen LogP contribution in [0.5, 0.6) is 0 Å². The van der Waals surface area contributed by atoms with Crippen LogP contribution in [0, 0.1) is 0 Å². The molecule has 0 aromatic carbocycles. The van der Waals surface area contributed by atoms with Crippen molar-refractivity contribution in [2.45, 2.75) is 6.42 Å². The highest BCUT2D eigenvalue weighted by atomic mass is 16.4. The van der Waals surface area contributed by atoms with Crippen LogP contribution in [0.25, 0.3) is 0 Å². The number of anilines is 1. The highest BCUT2D eigenvalue weighted by Crippen LogP contribution is 2.17. The number of aromatic nitrogens is 1. The molecule has 0 radical (unpaired) electrons. The number of rotatable bonds is 2. The Balaban J connectivity index is 2.28. The molecule has 1 aromatic rings. The van der Waals surface area contributed by atoms with Gasteiger partial charge in [0, 0.05) is 19.2 Å². The molecule has 0 bridgehead atoms. The lowest BCUT2D eigenvalue weighted by Gasteiger charge is -2.26. The van der Waals surface area contributed by atoms with Crippen LogP contribution in [0.2, 0.25) is 0 Å². The molecule has 2 N–H and O–H groups in total. The van der Waals surface area contributed by atoms with E-state index in [9.17, 15) is 14.4 Å². The van der Waals surface area contributed by atoms with E-state index >= 15 is 0 Å². The summed E-state index contributed by atoms with van der Waals surface area (Å²) in [6.07, 6.45) is 2.75. The number of hydrogen-bond acceptors (Lipinski definition) is 4. The molecule has 1 aliphatic rings. The van der Waals surface area contributed by atoms with Gasteiger partial charge in [-0.25, -0.2) is 9.59 Å². The van der Waals surface area contributed by atoms with Gasteiger partial charge in [-0.3, -0.25) is 20.0 Å². The van der Waals surface area contributed by atoms with Gasteiger partial charge in [0.1, 0.15) is 0 Å². The van der Waals surface area contributed by atoms with Crippen LogP contribution in [0.15, 0.2) is 18.5 Å². The first kappa shape index (κ1) is 11.1. The molecule has 7 heteroatoms. The number of urea groups is 1. The van der Waals surface area contributed by atoms with Gasteiger partial charge >= 0.3 is 12.0 Å². The van der Waals surface area contributed by atoms with Crippen LogP contribution >= 0.6 is 0 Å². The first-order valence-corrected chi connectivity index (χ1v) is 4.87. The summed E-state index contributed by atoms with van der Waals surface area (Å²) >= 11 is 0. The van der Waals surface area contributed by atoms with Gasteiger partial charge in [0.15, 0.2) is 0 Å². The van der Waals surface area contributed by atoms with E-state index in [0.29, 0.717) is 5.69 Å². The fourth-order valence-corrected chi connectivity index (χ4v) is 1.50. The first-order valence-electron chi connectivity index (χ1n) is 4.87. The summed E-state index contributed by atoms with van der Waals surface area (Å²) < 4.78 is 0. The van der Waals surface area contributed by atoms with Gasteiger partial charge < -0.3 is 5.11 Å². The van der Waals surface area contributed by atoms with Gasteiger partial charge in [-0.2, -0.15) is 0 Å². The van der Waals surface area contributed by atoms with Gasteiger partial charge in [0.25, 0.3) is 0 Å². The SMILES string of the molecule is O=C1CCN(c2cncc(C(=O)O)c2)C(=O)N1. The van der Waals surface area contributed by atoms with Gasteiger partial charge in [0.05, 0.1) is 17.4 Å². The Hall–Kier alpha value is -2.44. The number of pyridine rings is 1. The minimum Gasteiger partial charge on any atom is -0.478 e. The first-order chi connectivity index (χ1) is 8.08. The fourth-order valence-electron chi connectivity index (χ4n) is 1.50. The van der Waals surface area contributed by atoms with Crippen molar-refractivity contribution >= 4 is 23.6 Å². The zero-order valence-electron chi connectivity index (χ0n) is 8.71. The lowest BCUT2D eigenvalue weighted by Crippen LogP contribution is -2.49. The Labute approximate surface area is 96.1 Å². The number of nitrogens with zero attached hydrogens (tertiary/aromatic N) is 2. The van der Waals surface area contributed by atoms with Crippen LogP contribution in [0.3, 0.4) is 0 Å². The molecule has 17 heavy (non-hydrogen) atoms. The molecule has 0 atom stereocenters. The smallest absolute Gasteiger partial charge is 0.337 e. The van der Waals surface area contributed by atoms with E-state index in [1.54, 1.807) is 0 Å². The number of carboxylic acids is 1. The van der Waals surface area contributed by atoms with E-state index in [4.69, 9.17) is 5.11 Å². The zero-order chi connectivity index (χ0) is 12.4. The number of carbonyl (C=O) groups excluding carboxylic acids is 2. The second-order valence-corrected chi connectivity index (χ2v) is 3.49. The maximum atomic E-state index is 11.5. The zero-order valence-corrected chi connectivity index (χ0v) is 8.71. The molecule has 1 fully saturated rings. The number of nitrogens with one attached hydrogen (secondary N) is 1. The third kappa shape index (κ3) is 2.22. The van der Waals surface area contributed by atoms with E-state index in [1.165, 1.54) is 23.4 Å². The Morgan fingerprint density at radius 1 is 1.41 bits per heavy atom. The summed E-state index contributed by atoms with van der Waals surface area (Å²) in [6, 6.07) is 0.774. The van der Waals surface area contributed by atoms with E-state index in [1.807, 2.05) is 0 Å². The molecule has 3 amide bonds. The monoisotopic (exact) mass is 235 g/mol. The van der Waals surface area contributed by atoms with Crippen LogP contribution in [0.4, 0.5) is 10.5 Å². The quantitative estimate of drug-likeness (QED) is 0.764. The van der Waals surface area contributed by atoms with Crippen molar-refractivity contribution in [2.75, 3.05) is 11.4 Å². The second kappa shape index (κ2) is 4.20. The average molecular weight is 235 g/mol. The molecule has 1 aromatic heterocycles. The second-order valence-electron chi connectivity index (χ2n) is 3.49. The van der Waals surface area contributed by atoms with E-state index in [2.05, 4.69) is 10.3 Å². The van der Waals surface area contributed by atoms with Crippen LogP contribution in [-0.2, 0) is 4.79 Å². The lowest BCUT2D eigenvalue weighted by atomic mass is 10.2. The Morgan fingerprint density at radius 2 is 2.18 bits per heavy atom. The molecule has 0 unspecified atom stereocenters. The van der Waals surface area contributed by atoms with Crippen LogP contribution in [0.1, 0.15) is 16.8 Å². The molecule has 1 saturated heterocycles. The number of carboxylic acid groups (broad SMARTS) is 1. The number of imide groups is 1. The van der Waals surface area contributed by atoms with E-state index in [0.717, 1.165) is 0 Å². The number of hydrogen-bond donors (Lipinski definition) is 2. The molecule has 88 valence electrons. The fraction of sp³-hybridized carbons (Fsp3) is 0.200. The minimum atomic E-state index is -1.12. The highest BCUT2D eigenvalue weighted by Gasteiger charge is 2.24. The Bertz CT molecular complexity index is 500. The van der Waals surface area contributed by atoms with Crippen LogP contribution in [-0.4, -0.2) is 34.5 Å². The molecule has 0 saturated carbocycles. The van der Waals surface area contributed by atoms with Crippen molar-refractivity contribution in [3.63, 3.8) is 0 Å². The predicted molar refractivity (Wildman–Crippen MR) is 56.7 cm³/mol. The van der Waals surface area contributed by atoms with E-state index < -0.39 is 12.0 Å². The lowest BCUT2D eigenvalue weighted by molar-refractivity contribution is -0.120. The third-order valence-corrected chi connectivity index (χ3v) is 2.34. The molecule has 2 heterocycles. The summed E-state index contributed by atoms with van der Waals surface area (Å²) in [5, 5.41) is 11.0. The van der Waals surface area contributed by atoms with Crippen molar-refractivity contribution in [3.05, 3.63) is 24.0 Å². The number of carbonyl (C=O) groups is 3. The molecule has 2 rings (SSSR count). The van der Waals surface area contributed by atoms with Crippen LogP contribution < -0.4 is 10.2 Å². The van der Waals surface area contributed by atoms with Crippen molar-refractivity contribution in [1.82, 2.24) is 10.3 Å². The number of amides is 3. The standard InChI is InChI=1S/C10H9N3O4/c14-8-1-2-13(10(17)12-8)7-3-6(9(15)16)4-11-5-7/h3-5H,1-2H2,(H,15,16)(H,12,14,17). The molecule has 0 aliphatic carbocycles. The van der Waals surface area contributed by atoms with Crippen molar-refractivity contribution in [1.29, 1.82) is 0 Å². The summed E-state index contributed by atoms with van der Waals surface area (Å²) in [5.74, 6) is -1.46. The van der Waals surface area contributed by atoms with E-state index in [-0.39, 0.29) is 24.4 Å². The van der Waals surface area contributed by atoms with Crippen molar-refractivity contribution in [2.24, 2.45) is 0 Å². The summed E-state index contributed by atoms with van der Waals surface area (Å²) in [4.78, 5) is 38.2. The Kier molecular flexibility index (Phi) is 2.73. The van der Waals surface area contributed by atoms with Gasteiger partial charge in [-0.05, 0) is 6.07 Å². The van der Waals surface area contributed by atoms with Gasteiger partial charge in [-0.1, -0.05) is 0 Å². The summed E-state index contributed by atoms with van der Waals surface area (Å²) in [5.41, 5.74) is 0.349. The molecule has 7 nitrogen and oxygen atoms in total. The maximum absolute atomic E-state index is 11.5. The summed E-state index contributed by atoms with van der Waals surface area (Å²) in [7, 11) is 0. The predicted octanol–water partition coefficient (Wildman–Crippen LogP) is 0.226. The maximum Gasteiger partial charge on any atom is 0.337 e. The van der Waals surface area contributed by atoms with Crippen molar-refractivity contribution < 1.29 is 19.5 Å². The molecule has 1 aliphatic heterocycles. The van der Waals surface area contributed by atoms with Gasteiger partial charge in [-0.15, -0.1) is 0 Å². The molecule has 0 spiro atoms. The normalized spacial score (nSPS) is 15.6. The average Bonchev–Trinajstić information content (AvgIpc) is 2.29. The minimum absolute atomic E-state index is 0.00722. The summed E-state index contributed by atoms with van der Waals surface area (Å²) in [6.45, 7) is 0.218. The van der Waals surface area contributed by atoms with Crippen molar-refractivity contribution in [3.8, 4) is 0 Å². The highest BCUT2D eigenvalue weighted by molar-refractivity contribution is 6.05. The molecular weight excluding hydrogens is 226 g/mol. The Morgan fingerprint density at radius 3 is 2.82 bits per heavy atom. The number of aromatic carboxylic acids is 1. The third-order valence-electron chi connectivity index (χ3n) is 2.34. The largest absolute Gasteiger partial charge is 0.478 e. The topological polar surface area (TPSA) is 99.6 Å². The van der Waals surface area contributed by atoms with Gasteiger partial charge in [0.2, 0.25) is 5.91 Å². The molecular formula is C10H9N3O4.